The SMILES string of the molecule is CCCn1c(=O)[nH]c(=O)c2c(C(=O)Nc3ccc(Sc4nncn4C)cc3)cc(C3CC3)nc21. The lowest BCUT2D eigenvalue weighted by Crippen LogP contribution is -2.32. The number of hydrogen-bond donors (Lipinski definition) is 2. The Bertz CT molecular complexity index is 1500. The summed E-state index contributed by atoms with van der Waals surface area (Å²) in [6.07, 6.45) is 4.28. The molecule has 0 radical (unpaired) electrons. The fraction of sp³-hybridized carbons (Fsp3) is 0.304. The third kappa shape index (κ3) is 4.26. The number of anilines is 1. The third-order valence-corrected chi connectivity index (χ3v) is 6.71. The highest BCUT2D eigenvalue weighted by molar-refractivity contribution is 7.99. The third-order valence-electron chi connectivity index (χ3n) is 5.65. The zero-order valence-corrected chi connectivity index (χ0v) is 19.6. The molecule has 11 heteroatoms. The van der Waals surface area contributed by atoms with E-state index in [0.29, 0.717) is 18.7 Å². The minimum atomic E-state index is -0.609. The van der Waals surface area contributed by atoms with Crippen molar-refractivity contribution < 1.29 is 4.79 Å². The maximum atomic E-state index is 13.3. The summed E-state index contributed by atoms with van der Waals surface area (Å²) in [6, 6.07) is 9.02. The summed E-state index contributed by atoms with van der Waals surface area (Å²) in [5.74, 6) is -0.174. The number of amides is 1. The Kier molecular flexibility index (Phi) is 5.78. The second kappa shape index (κ2) is 8.90. The number of hydrogen-bond acceptors (Lipinski definition) is 7. The van der Waals surface area contributed by atoms with Crippen LogP contribution in [0, 0.1) is 0 Å². The van der Waals surface area contributed by atoms with E-state index in [1.165, 1.54) is 16.3 Å². The molecule has 1 aromatic carbocycles. The van der Waals surface area contributed by atoms with Crippen LogP contribution in [0.2, 0.25) is 0 Å². The summed E-state index contributed by atoms with van der Waals surface area (Å²) in [5.41, 5.74) is 0.688. The van der Waals surface area contributed by atoms with Crippen molar-refractivity contribution in [3.8, 4) is 0 Å². The fourth-order valence-electron chi connectivity index (χ4n) is 3.77. The first kappa shape index (κ1) is 22.1. The van der Waals surface area contributed by atoms with Gasteiger partial charge in [-0.1, -0.05) is 6.92 Å². The molecule has 0 aliphatic heterocycles. The number of benzene rings is 1. The molecule has 10 nitrogen and oxygen atoms in total. The van der Waals surface area contributed by atoms with E-state index in [-0.39, 0.29) is 22.5 Å². The molecule has 5 rings (SSSR count). The van der Waals surface area contributed by atoms with E-state index in [1.807, 2.05) is 30.7 Å². The first-order valence-electron chi connectivity index (χ1n) is 11.1. The van der Waals surface area contributed by atoms with Gasteiger partial charge in [-0.3, -0.25) is 19.1 Å². The largest absolute Gasteiger partial charge is 0.329 e. The van der Waals surface area contributed by atoms with Crippen LogP contribution in [0.25, 0.3) is 11.0 Å². The van der Waals surface area contributed by atoms with Crippen LogP contribution in [0.1, 0.15) is 48.2 Å². The maximum Gasteiger partial charge on any atom is 0.329 e. The molecule has 1 saturated carbocycles. The molecule has 34 heavy (non-hydrogen) atoms. The highest BCUT2D eigenvalue weighted by Gasteiger charge is 2.28. The Labute approximate surface area is 198 Å². The van der Waals surface area contributed by atoms with Crippen molar-refractivity contribution >= 4 is 34.4 Å². The van der Waals surface area contributed by atoms with E-state index in [4.69, 9.17) is 0 Å². The van der Waals surface area contributed by atoms with Crippen LogP contribution in [0.15, 0.2) is 56.3 Å². The van der Waals surface area contributed by atoms with Crippen molar-refractivity contribution in [1.82, 2.24) is 29.3 Å². The molecule has 4 aromatic rings. The minimum Gasteiger partial charge on any atom is -0.322 e. The molecule has 3 aromatic heterocycles. The van der Waals surface area contributed by atoms with Gasteiger partial charge >= 0.3 is 5.69 Å². The Balaban J connectivity index is 1.49. The molecule has 174 valence electrons. The van der Waals surface area contributed by atoms with Gasteiger partial charge in [0.05, 0.1) is 10.9 Å². The number of nitrogens with one attached hydrogen (secondary N) is 2. The molecule has 1 fully saturated rings. The van der Waals surface area contributed by atoms with Crippen LogP contribution in [0.5, 0.6) is 0 Å². The lowest BCUT2D eigenvalue weighted by atomic mass is 10.1. The van der Waals surface area contributed by atoms with Crippen LogP contribution in [0.3, 0.4) is 0 Å². The summed E-state index contributed by atoms with van der Waals surface area (Å²) >= 11 is 1.46. The van der Waals surface area contributed by atoms with Crippen LogP contribution >= 0.6 is 11.8 Å². The normalized spacial score (nSPS) is 13.4. The second-order valence-corrected chi connectivity index (χ2v) is 9.32. The molecule has 1 amide bonds. The van der Waals surface area contributed by atoms with Crippen LogP contribution in [-0.4, -0.2) is 35.2 Å². The standard InChI is InChI=1S/C23H23N7O3S/c1-3-10-30-19-18(21(32)27-22(30)33)16(11-17(26-19)13-4-5-13)20(31)25-14-6-8-15(9-7-14)34-23-28-24-12-29(23)2/h6-9,11-13H,3-5,10H2,1-2H3,(H,25,31)(H,27,32,33). The van der Waals surface area contributed by atoms with Crippen LogP contribution < -0.4 is 16.6 Å². The minimum absolute atomic E-state index is 0.129. The summed E-state index contributed by atoms with van der Waals surface area (Å²) in [4.78, 5) is 46.4. The number of aromatic nitrogens is 6. The van der Waals surface area contributed by atoms with Crippen molar-refractivity contribution in [2.45, 2.75) is 48.7 Å². The fourth-order valence-corrected chi connectivity index (χ4v) is 4.53. The van der Waals surface area contributed by atoms with Crippen molar-refractivity contribution in [2.75, 3.05) is 5.32 Å². The quantitative estimate of drug-likeness (QED) is 0.419. The highest BCUT2D eigenvalue weighted by atomic mass is 32.2. The van der Waals surface area contributed by atoms with Crippen LogP contribution in [0.4, 0.5) is 5.69 Å². The first-order valence-corrected chi connectivity index (χ1v) is 11.9. The molecule has 3 heterocycles. The summed E-state index contributed by atoms with van der Waals surface area (Å²) in [6.45, 7) is 2.34. The molecule has 0 saturated heterocycles. The zero-order chi connectivity index (χ0) is 23.8. The van der Waals surface area contributed by atoms with Gasteiger partial charge in [-0.2, -0.15) is 0 Å². The predicted octanol–water partition coefficient (Wildman–Crippen LogP) is 2.90. The average Bonchev–Trinajstić information content (AvgIpc) is 3.60. The second-order valence-electron chi connectivity index (χ2n) is 8.28. The number of carbonyl (C=O) groups excluding carboxylic acids is 1. The van der Waals surface area contributed by atoms with Gasteiger partial charge in [0, 0.05) is 35.8 Å². The van der Waals surface area contributed by atoms with E-state index in [0.717, 1.165) is 28.6 Å². The zero-order valence-electron chi connectivity index (χ0n) is 18.7. The Morgan fingerprint density at radius 2 is 2.00 bits per heavy atom. The molecule has 1 aliphatic rings. The van der Waals surface area contributed by atoms with Crippen molar-refractivity contribution in [2.24, 2.45) is 7.05 Å². The monoisotopic (exact) mass is 477 g/mol. The van der Waals surface area contributed by atoms with Crippen molar-refractivity contribution in [3.05, 3.63) is 68.8 Å². The van der Waals surface area contributed by atoms with Gasteiger partial charge in [0.25, 0.3) is 11.5 Å². The molecular weight excluding hydrogens is 454 g/mol. The molecule has 0 unspecified atom stereocenters. The number of aryl methyl sites for hydroxylation is 2. The number of aromatic amines is 1. The Morgan fingerprint density at radius 3 is 2.65 bits per heavy atom. The number of fused-ring (bicyclic) bond motifs is 1. The number of H-pyrrole nitrogens is 1. The number of pyridine rings is 1. The first-order chi connectivity index (χ1) is 16.4. The average molecular weight is 478 g/mol. The molecule has 0 spiro atoms. The Morgan fingerprint density at radius 1 is 1.24 bits per heavy atom. The number of rotatable bonds is 7. The van der Waals surface area contributed by atoms with Gasteiger partial charge in [-0.05, 0) is 61.4 Å². The number of carbonyl (C=O) groups is 1. The Hall–Kier alpha value is -3.73. The van der Waals surface area contributed by atoms with Gasteiger partial charge in [0.15, 0.2) is 10.8 Å². The smallest absolute Gasteiger partial charge is 0.322 e. The topological polar surface area (TPSA) is 128 Å². The van der Waals surface area contributed by atoms with Gasteiger partial charge in [0.1, 0.15) is 6.33 Å². The lowest BCUT2D eigenvalue weighted by Gasteiger charge is -2.13. The maximum absolute atomic E-state index is 13.3. The van der Waals surface area contributed by atoms with Gasteiger partial charge in [-0.25, -0.2) is 9.78 Å². The van der Waals surface area contributed by atoms with Gasteiger partial charge in [-0.15, -0.1) is 10.2 Å². The summed E-state index contributed by atoms with van der Waals surface area (Å²) < 4.78 is 3.26. The number of nitrogens with zero attached hydrogens (tertiary/aromatic N) is 5. The van der Waals surface area contributed by atoms with Gasteiger partial charge in [0.2, 0.25) is 0 Å². The lowest BCUT2D eigenvalue weighted by molar-refractivity contribution is 0.102. The van der Waals surface area contributed by atoms with Crippen LogP contribution in [-0.2, 0) is 13.6 Å². The van der Waals surface area contributed by atoms with E-state index in [2.05, 4.69) is 25.5 Å². The molecule has 0 bridgehead atoms. The predicted molar refractivity (Wildman–Crippen MR) is 128 cm³/mol. The van der Waals surface area contributed by atoms with E-state index >= 15 is 0 Å². The van der Waals surface area contributed by atoms with E-state index < -0.39 is 17.2 Å². The molecular formula is C23H23N7O3S. The summed E-state index contributed by atoms with van der Waals surface area (Å²) in [5, 5.41) is 11.7. The van der Waals surface area contributed by atoms with Gasteiger partial charge < -0.3 is 9.88 Å². The summed E-state index contributed by atoms with van der Waals surface area (Å²) in [7, 11) is 1.87. The van der Waals surface area contributed by atoms with E-state index in [9.17, 15) is 14.4 Å². The van der Waals surface area contributed by atoms with E-state index in [1.54, 1.807) is 24.5 Å². The van der Waals surface area contributed by atoms with Crippen molar-refractivity contribution in [3.63, 3.8) is 0 Å². The van der Waals surface area contributed by atoms with Crippen molar-refractivity contribution in [1.29, 1.82) is 0 Å². The molecule has 1 aliphatic carbocycles. The molecule has 2 N–H and O–H groups in total. The highest BCUT2D eigenvalue weighted by Crippen LogP contribution is 2.40. The molecule has 0 atom stereocenters.